The monoisotopic (exact) mass is 374 g/mol. The number of carbonyl (C=O) groups excluding carboxylic acids is 1. The highest BCUT2D eigenvalue weighted by Gasteiger charge is 2.22. The minimum Gasteiger partial charge on any atom is -0.334 e. The van der Waals surface area contributed by atoms with Gasteiger partial charge in [-0.2, -0.15) is 5.10 Å². The molecule has 1 aliphatic rings. The number of nitrogens with zero attached hydrogens (tertiary/aromatic N) is 3. The second-order valence-electron chi connectivity index (χ2n) is 7.83. The molecule has 0 saturated carbocycles. The van der Waals surface area contributed by atoms with E-state index in [2.05, 4.69) is 66.9 Å². The SMILES string of the molecule is CC(C)Cn1cc(-c2ccc(CNC(=O)N3Cc4ccccc4C3)cc2)cn1. The average Bonchev–Trinajstić information content (AvgIpc) is 3.33. The Kier molecular flexibility index (Phi) is 5.15. The zero-order valence-corrected chi connectivity index (χ0v) is 16.4. The van der Waals surface area contributed by atoms with Crippen LogP contribution in [-0.4, -0.2) is 20.7 Å². The maximum atomic E-state index is 12.5. The smallest absolute Gasteiger partial charge is 0.318 e. The van der Waals surface area contributed by atoms with Gasteiger partial charge in [0.25, 0.3) is 0 Å². The number of aromatic nitrogens is 2. The summed E-state index contributed by atoms with van der Waals surface area (Å²) in [6.45, 7) is 7.18. The number of carbonyl (C=O) groups is 1. The van der Waals surface area contributed by atoms with Crippen molar-refractivity contribution in [3.05, 3.63) is 77.6 Å². The van der Waals surface area contributed by atoms with E-state index in [1.54, 1.807) is 0 Å². The van der Waals surface area contributed by atoms with Crippen LogP contribution in [0.3, 0.4) is 0 Å². The Morgan fingerprint density at radius 1 is 1.04 bits per heavy atom. The molecule has 0 atom stereocenters. The summed E-state index contributed by atoms with van der Waals surface area (Å²) in [5.41, 5.74) is 5.81. The highest BCUT2D eigenvalue weighted by Crippen LogP contribution is 2.22. The lowest BCUT2D eigenvalue weighted by Gasteiger charge is -2.16. The van der Waals surface area contributed by atoms with Crippen LogP contribution in [0.5, 0.6) is 0 Å². The molecule has 2 amide bonds. The van der Waals surface area contributed by atoms with Crippen LogP contribution in [0.15, 0.2) is 60.9 Å². The lowest BCUT2D eigenvalue weighted by Crippen LogP contribution is -2.35. The molecule has 3 aromatic rings. The highest BCUT2D eigenvalue weighted by molar-refractivity contribution is 5.75. The Labute approximate surface area is 166 Å². The first-order valence-electron chi connectivity index (χ1n) is 9.80. The van der Waals surface area contributed by atoms with Crippen molar-refractivity contribution in [3.8, 4) is 11.1 Å². The number of hydrogen-bond donors (Lipinski definition) is 1. The van der Waals surface area contributed by atoms with E-state index in [1.807, 2.05) is 27.9 Å². The lowest BCUT2D eigenvalue weighted by molar-refractivity contribution is 0.198. The van der Waals surface area contributed by atoms with Gasteiger partial charge in [-0.3, -0.25) is 4.68 Å². The molecule has 0 bridgehead atoms. The molecule has 144 valence electrons. The fourth-order valence-corrected chi connectivity index (χ4v) is 3.57. The fourth-order valence-electron chi connectivity index (χ4n) is 3.57. The van der Waals surface area contributed by atoms with Crippen molar-refractivity contribution in [2.45, 2.75) is 40.0 Å². The van der Waals surface area contributed by atoms with E-state index in [0.29, 0.717) is 25.6 Å². The zero-order chi connectivity index (χ0) is 19.5. The summed E-state index contributed by atoms with van der Waals surface area (Å²) in [5, 5.41) is 7.46. The van der Waals surface area contributed by atoms with Gasteiger partial charge in [0.2, 0.25) is 0 Å². The summed E-state index contributed by atoms with van der Waals surface area (Å²) in [7, 11) is 0. The van der Waals surface area contributed by atoms with Crippen LogP contribution in [-0.2, 0) is 26.2 Å². The molecule has 0 saturated heterocycles. The van der Waals surface area contributed by atoms with Crippen molar-refractivity contribution < 1.29 is 4.79 Å². The molecular formula is C23H26N4O. The molecule has 0 aliphatic carbocycles. The minimum atomic E-state index is -0.0183. The number of rotatable bonds is 5. The van der Waals surface area contributed by atoms with E-state index in [1.165, 1.54) is 11.1 Å². The molecule has 0 radical (unpaired) electrons. The van der Waals surface area contributed by atoms with Gasteiger partial charge in [0.1, 0.15) is 0 Å². The minimum absolute atomic E-state index is 0.0183. The summed E-state index contributed by atoms with van der Waals surface area (Å²) in [4.78, 5) is 14.3. The predicted molar refractivity (Wildman–Crippen MR) is 110 cm³/mol. The number of hydrogen-bond acceptors (Lipinski definition) is 2. The Morgan fingerprint density at radius 3 is 2.36 bits per heavy atom. The van der Waals surface area contributed by atoms with Gasteiger partial charge in [-0.15, -0.1) is 0 Å². The Balaban J connectivity index is 1.32. The number of urea groups is 1. The first-order valence-corrected chi connectivity index (χ1v) is 9.80. The summed E-state index contributed by atoms with van der Waals surface area (Å²) in [6, 6.07) is 16.5. The molecule has 1 aromatic heterocycles. The predicted octanol–water partition coefficient (Wildman–Crippen LogP) is 4.43. The van der Waals surface area contributed by atoms with Crippen molar-refractivity contribution in [1.29, 1.82) is 0 Å². The van der Waals surface area contributed by atoms with Gasteiger partial charge in [-0.1, -0.05) is 62.4 Å². The number of fused-ring (bicyclic) bond motifs is 1. The second kappa shape index (κ2) is 7.89. The van der Waals surface area contributed by atoms with Gasteiger partial charge in [0.05, 0.1) is 6.20 Å². The average molecular weight is 374 g/mol. The van der Waals surface area contributed by atoms with E-state index < -0.39 is 0 Å². The van der Waals surface area contributed by atoms with Crippen LogP contribution in [0.25, 0.3) is 11.1 Å². The van der Waals surface area contributed by atoms with E-state index in [0.717, 1.165) is 23.2 Å². The van der Waals surface area contributed by atoms with Crippen molar-refractivity contribution in [3.63, 3.8) is 0 Å². The fraction of sp³-hybridized carbons (Fsp3) is 0.304. The largest absolute Gasteiger partial charge is 0.334 e. The van der Waals surface area contributed by atoms with Gasteiger partial charge in [0, 0.05) is 37.9 Å². The molecule has 5 nitrogen and oxygen atoms in total. The van der Waals surface area contributed by atoms with Crippen LogP contribution in [0.1, 0.15) is 30.5 Å². The highest BCUT2D eigenvalue weighted by atomic mass is 16.2. The third-order valence-electron chi connectivity index (χ3n) is 5.04. The molecule has 4 rings (SSSR count). The molecule has 28 heavy (non-hydrogen) atoms. The van der Waals surface area contributed by atoms with Crippen molar-refractivity contribution in [2.24, 2.45) is 5.92 Å². The maximum absolute atomic E-state index is 12.5. The first kappa shape index (κ1) is 18.3. The zero-order valence-electron chi connectivity index (χ0n) is 16.4. The standard InChI is InChI=1S/C23H26N4O/c1-17(2)13-27-16-22(12-25-27)19-9-7-18(8-10-19)11-24-23(28)26-14-20-5-3-4-6-21(20)15-26/h3-10,12,16-17H,11,13-15H2,1-2H3,(H,24,28). The van der Waals surface area contributed by atoms with Crippen molar-refractivity contribution in [2.75, 3.05) is 0 Å². The first-order chi connectivity index (χ1) is 13.6. The van der Waals surface area contributed by atoms with Gasteiger partial charge >= 0.3 is 6.03 Å². The third kappa shape index (κ3) is 4.09. The molecule has 2 aromatic carbocycles. The van der Waals surface area contributed by atoms with Crippen LogP contribution >= 0.6 is 0 Å². The summed E-state index contributed by atoms with van der Waals surface area (Å²) in [6.07, 6.45) is 3.99. The molecule has 1 aliphatic heterocycles. The van der Waals surface area contributed by atoms with E-state index in [4.69, 9.17) is 0 Å². The molecular weight excluding hydrogens is 348 g/mol. The number of amides is 2. The molecule has 2 heterocycles. The Morgan fingerprint density at radius 2 is 1.71 bits per heavy atom. The lowest BCUT2D eigenvalue weighted by atomic mass is 10.1. The summed E-state index contributed by atoms with van der Waals surface area (Å²) < 4.78 is 1.99. The normalized spacial score (nSPS) is 13.0. The number of benzene rings is 2. The molecule has 1 N–H and O–H groups in total. The van der Waals surface area contributed by atoms with E-state index in [9.17, 15) is 4.79 Å². The quantitative estimate of drug-likeness (QED) is 0.718. The van der Waals surface area contributed by atoms with E-state index >= 15 is 0 Å². The third-order valence-corrected chi connectivity index (χ3v) is 5.04. The van der Waals surface area contributed by atoms with Gasteiger partial charge in [-0.05, 0) is 28.2 Å². The van der Waals surface area contributed by atoms with Gasteiger partial charge < -0.3 is 10.2 Å². The van der Waals surface area contributed by atoms with E-state index in [-0.39, 0.29) is 6.03 Å². The summed E-state index contributed by atoms with van der Waals surface area (Å²) >= 11 is 0. The second-order valence-corrected chi connectivity index (χ2v) is 7.83. The topological polar surface area (TPSA) is 50.2 Å². The van der Waals surface area contributed by atoms with Crippen LogP contribution in [0, 0.1) is 5.92 Å². The molecule has 0 fully saturated rings. The van der Waals surface area contributed by atoms with Crippen LogP contribution in [0.2, 0.25) is 0 Å². The maximum Gasteiger partial charge on any atom is 0.318 e. The number of nitrogens with one attached hydrogen (secondary N) is 1. The van der Waals surface area contributed by atoms with Crippen LogP contribution in [0.4, 0.5) is 4.79 Å². The van der Waals surface area contributed by atoms with Crippen LogP contribution < -0.4 is 5.32 Å². The molecule has 5 heteroatoms. The van der Waals surface area contributed by atoms with Gasteiger partial charge in [-0.25, -0.2) is 4.79 Å². The Bertz CT molecular complexity index is 934. The van der Waals surface area contributed by atoms with Crippen molar-refractivity contribution in [1.82, 2.24) is 20.0 Å². The molecule has 0 spiro atoms. The Hall–Kier alpha value is -3.08. The molecule has 0 unspecified atom stereocenters. The van der Waals surface area contributed by atoms with Crippen molar-refractivity contribution >= 4 is 6.03 Å². The van der Waals surface area contributed by atoms with Gasteiger partial charge in [0.15, 0.2) is 0 Å². The summed E-state index contributed by atoms with van der Waals surface area (Å²) in [5.74, 6) is 0.571.